The Hall–Kier alpha value is -1.87. The lowest BCUT2D eigenvalue weighted by atomic mass is 10.0. The number of hydrogen-bond acceptors (Lipinski definition) is 1. The van der Waals surface area contributed by atoms with Crippen LogP contribution in [-0.4, -0.2) is 11.1 Å². The van der Waals surface area contributed by atoms with Crippen molar-refractivity contribution in [3.8, 4) is 0 Å². The topological polar surface area (TPSA) is 37.3 Å². The SMILES string of the molecule is O=C(O)/C(=C/c1cccc(Br)c1)c1ccccc1. The standard InChI is InChI=1S/C15H11BrO2/c16-13-8-4-5-11(9-13)10-14(15(17)18)12-6-2-1-3-7-12/h1-10H,(H,17,18)/b14-10+. The Bertz CT molecular complexity index is 588. The zero-order valence-corrected chi connectivity index (χ0v) is 11.1. The number of benzene rings is 2. The van der Waals surface area contributed by atoms with Crippen LogP contribution in [0.1, 0.15) is 11.1 Å². The Balaban J connectivity index is 2.46. The van der Waals surface area contributed by atoms with Crippen LogP contribution < -0.4 is 0 Å². The maximum Gasteiger partial charge on any atom is 0.336 e. The molecular formula is C15H11BrO2. The molecule has 0 heterocycles. The number of halogens is 1. The van der Waals surface area contributed by atoms with Crippen LogP contribution in [0.5, 0.6) is 0 Å². The van der Waals surface area contributed by atoms with Gasteiger partial charge in [0.25, 0.3) is 0 Å². The molecule has 1 N–H and O–H groups in total. The van der Waals surface area contributed by atoms with Crippen molar-refractivity contribution in [2.45, 2.75) is 0 Å². The smallest absolute Gasteiger partial charge is 0.336 e. The molecular weight excluding hydrogens is 292 g/mol. The largest absolute Gasteiger partial charge is 0.478 e. The van der Waals surface area contributed by atoms with Crippen molar-refractivity contribution in [3.05, 3.63) is 70.2 Å². The monoisotopic (exact) mass is 302 g/mol. The fourth-order valence-corrected chi connectivity index (χ4v) is 2.07. The van der Waals surface area contributed by atoms with E-state index in [0.29, 0.717) is 5.56 Å². The van der Waals surface area contributed by atoms with E-state index in [1.807, 2.05) is 42.5 Å². The molecule has 0 aliphatic carbocycles. The minimum absolute atomic E-state index is 0.286. The normalized spacial score (nSPS) is 11.3. The van der Waals surface area contributed by atoms with Crippen molar-refractivity contribution >= 4 is 33.5 Å². The molecule has 0 unspecified atom stereocenters. The maximum atomic E-state index is 11.3. The van der Waals surface area contributed by atoms with Gasteiger partial charge in [-0.3, -0.25) is 0 Å². The maximum absolute atomic E-state index is 11.3. The zero-order valence-electron chi connectivity index (χ0n) is 9.51. The molecule has 2 rings (SSSR count). The lowest BCUT2D eigenvalue weighted by Crippen LogP contribution is -1.99. The molecule has 2 aromatic carbocycles. The van der Waals surface area contributed by atoms with E-state index >= 15 is 0 Å². The second kappa shape index (κ2) is 5.65. The highest BCUT2D eigenvalue weighted by Gasteiger charge is 2.09. The summed E-state index contributed by atoms with van der Waals surface area (Å²) in [6.45, 7) is 0. The molecule has 0 amide bonds. The third-order valence-electron chi connectivity index (χ3n) is 2.47. The van der Waals surface area contributed by atoms with E-state index in [4.69, 9.17) is 0 Å². The Labute approximate surface area is 114 Å². The molecule has 0 radical (unpaired) electrons. The predicted octanol–water partition coefficient (Wildman–Crippen LogP) is 4.07. The summed E-state index contributed by atoms with van der Waals surface area (Å²) < 4.78 is 0.925. The van der Waals surface area contributed by atoms with Crippen molar-refractivity contribution in [2.24, 2.45) is 0 Å². The third kappa shape index (κ3) is 3.08. The summed E-state index contributed by atoms with van der Waals surface area (Å²) in [6.07, 6.45) is 1.67. The fourth-order valence-electron chi connectivity index (χ4n) is 1.65. The van der Waals surface area contributed by atoms with Gasteiger partial charge in [-0.15, -0.1) is 0 Å². The summed E-state index contributed by atoms with van der Waals surface area (Å²) in [6, 6.07) is 16.6. The van der Waals surface area contributed by atoms with Gasteiger partial charge in [-0.25, -0.2) is 4.79 Å². The summed E-state index contributed by atoms with van der Waals surface area (Å²) in [5.74, 6) is -0.929. The second-order valence-electron chi connectivity index (χ2n) is 3.78. The number of hydrogen-bond donors (Lipinski definition) is 1. The number of carboxylic acid groups (broad SMARTS) is 1. The van der Waals surface area contributed by atoms with Crippen molar-refractivity contribution in [1.29, 1.82) is 0 Å². The number of rotatable bonds is 3. The van der Waals surface area contributed by atoms with Gasteiger partial charge >= 0.3 is 5.97 Å². The van der Waals surface area contributed by atoms with E-state index in [2.05, 4.69) is 15.9 Å². The van der Waals surface area contributed by atoms with Gasteiger partial charge in [0.05, 0.1) is 5.57 Å². The molecule has 0 aromatic heterocycles. The molecule has 90 valence electrons. The summed E-state index contributed by atoms with van der Waals surface area (Å²) in [5.41, 5.74) is 1.84. The first-order valence-electron chi connectivity index (χ1n) is 5.43. The van der Waals surface area contributed by atoms with E-state index in [1.165, 1.54) is 0 Å². The van der Waals surface area contributed by atoms with Crippen LogP contribution in [0.2, 0.25) is 0 Å². The van der Waals surface area contributed by atoms with Crippen LogP contribution >= 0.6 is 15.9 Å². The summed E-state index contributed by atoms with van der Waals surface area (Å²) in [7, 11) is 0. The Morgan fingerprint density at radius 3 is 2.39 bits per heavy atom. The van der Waals surface area contributed by atoms with Gasteiger partial charge in [0.2, 0.25) is 0 Å². The van der Waals surface area contributed by atoms with Crippen molar-refractivity contribution in [1.82, 2.24) is 0 Å². The van der Waals surface area contributed by atoms with Gasteiger partial charge in [-0.1, -0.05) is 58.4 Å². The second-order valence-corrected chi connectivity index (χ2v) is 4.70. The average molecular weight is 303 g/mol. The lowest BCUT2D eigenvalue weighted by Gasteiger charge is -2.03. The van der Waals surface area contributed by atoms with Gasteiger partial charge in [0.1, 0.15) is 0 Å². The quantitative estimate of drug-likeness (QED) is 0.685. The number of aliphatic carboxylic acids is 1. The summed E-state index contributed by atoms with van der Waals surface area (Å²) in [5, 5.41) is 9.28. The van der Waals surface area contributed by atoms with Crippen LogP contribution in [0, 0.1) is 0 Å². The highest BCUT2D eigenvalue weighted by molar-refractivity contribution is 9.10. The predicted molar refractivity (Wildman–Crippen MR) is 76.1 cm³/mol. The van der Waals surface area contributed by atoms with Gasteiger partial charge in [0.15, 0.2) is 0 Å². The molecule has 0 saturated carbocycles. The molecule has 0 aliphatic rings. The molecule has 0 fully saturated rings. The molecule has 2 nitrogen and oxygen atoms in total. The molecule has 0 bridgehead atoms. The fraction of sp³-hybridized carbons (Fsp3) is 0. The average Bonchev–Trinajstić information content (AvgIpc) is 2.37. The number of carboxylic acids is 1. The number of carbonyl (C=O) groups is 1. The minimum Gasteiger partial charge on any atom is -0.478 e. The molecule has 0 aliphatic heterocycles. The van der Waals surface area contributed by atoms with Crippen LogP contribution in [0.15, 0.2) is 59.1 Å². The van der Waals surface area contributed by atoms with Gasteiger partial charge < -0.3 is 5.11 Å². The third-order valence-corrected chi connectivity index (χ3v) is 2.97. The summed E-state index contributed by atoms with van der Waals surface area (Å²) in [4.78, 5) is 11.3. The van der Waals surface area contributed by atoms with Crippen LogP contribution in [0.3, 0.4) is 0 Å². The van der Waals surface area contributed by atoms with Crippen LogP contribution in [0.25, 0.3) is 11.6 Å². The first kappa shape index (κ1) is 12.6. The Morgan fingerprint density at radius 2 is 1.78 bits per heavy atom. The molecule has 2 aromatic rings. The minimum atomic E-state index is -0.929. The van der Waals surface area contributed by atoms with Crippen molar-refractivity contribution in [2.75, 3.05) is 0 Å². The lowest BCUT2D eigenvalue weighted by molar-refractivity contribution is -0.130. The van der Waals surface area contributed by atoms with Crippen molar-refractivity contribution < 1.29 is 9.90 Å². The molecule has 0 saturated heterocycles. The van der Waals surface area contributed by atoms with E-state index in [0.717, 1.165) is 10.0 Å². The van der Waals surface area contributed by atoms with Crippen LogP contribution in [0.4, 0.5) is 0 Å². The van der Waals surface area contributed by atoms with E-state index < -0.39 is 5.97 Å². The first-order valence-corrected chi connectivity index (χ1v) is 6.22. The van der Waals surface area contributed by atoms with Gasteiger partial charge in [0, 0.05) is 4.47 Å². The van der Waals surface area contributed by atoms with E-state index in [1.54, 1.807) is 18.2 Å². The van der Waals surface area contributed by atoms with Gasteiger partial charge in [-0.05, 0) is 29.3 Å². The van der Waals surface area contributed by atoms with Gasteiger partial charge in [-0.2, -0.15) is 0 Å². The Morgan fingerprint density at radius 1 is 1.06 bits per heavy atom. The van der Waals surface area contributed by atoms with Crippen molar-refractivity contribution in [3.63, 3.8) is 0 Å². The molecule has 0 spiro atoms. The highest BCUT2D eigenvalue weighted by atomic mass is 79.9. The summed E-state index contributed by atoms with van der Waals surface area (Å²) >= 11 is 3.37. The Kier molecular flexibility index (Phi) is 3.95. The molecule has 3 heteroatoms. The van der Waals surface area contributed by atoms with E-state index in [9.17, 15) is 9.90 Å². The first-order chi connectivity index (χ1) is 8.66. The zero-order chi connectivity index (χ0) is 13.0. The van der Waals surface area contributed by atoms with E-state index in [-0.39, 0.29) is 5.57 Å². The van der Waals surface area contributed by atoms with Crippen LogP contribution in [-0.2, 0) is 4.79 Å². The molecule has 18 heavy (non-hydrogen) atoms. The highest BCUT2D eigenvalue weighted by Crippen LogP contribution is 2.20. The molecule has 0 atom stereocenters.